The van der Waals surface area contributed by atoms with Crippen molar-refractivity contribution in [1.82, 2.24) is 0 Å². The van der Waals surface area contributed by atoms with E-state index in [0.717, 1.165) is 0 Å². The summed E-state index contributed by atoms with van der Waals surface area (Å²) in [6.07, 6.45) is 0.445. The first-order chi connectivity index (χ1) is 7.60. The highest BCUT2D eigenvalue weighted by atomic mass is 32.1. The molecule has 0 spiro atoms. The summed E-state index contributed by atoms with van der Waals surface area (Å²) in [5.74, 6) is 1.75. The molecule has 0 aliphatic carbocycles. The predicted molar refractivity (Wildman–Crippen MR) is 69.9 cm³/mol. The molecule has 0 N–H and O–H groups in total. The molecular formula is C13H18O2S. The zero-order valence-electron chi connectivity index (χ0n) is 9.99. The van der Waals surface area contributed by atoms with Crippen LogP contribution in [0.25, 0.3) is 0 Å². The van der Waals surface area contributed by atoms with Crippen LogP contribution in [0.4, 0.5) is 0 Å². The summed E-state index contributed by atoms with van der Waals surface area (Å²) in [7, 11) is 1.59. The second-order valence-electron chi connectivity index (χ2n) is 4.01. The minimum Gasteiger partial charge on any atom is -0.496 e. The number of benzene rings is 1. The van der Waals surface area contributed by atoms with Crippen LogP contribution in [-0.4, -0.2) is 18.6 Å². The van der Waals surface area contributed by atoms with E-state index in [-0.39, 0.29) is 5.78 Å². The van der Waals surface area contributed by atoms with Crippen molar-refractivity contribution < 1.29 is 9.53 Å². The molecule has 0 saturated carbocycles. The highest BCUT2D eigenvalue weighted by Crippen LogP contribution is 2.25. The molecule has 3 heteroatoms. The topological polar surface area (TPSA) is 26.3 Å². The number of hydrogen-bond donors (Lipinski definition) is 1. The molecule has 0 radical (unpaired) electrons. The second-order valence-corrected chi connectivity index (χ2v) is 4.46. The van der Waals surface area contributed by atoms with Gasteiger partial charge in [0, 0.05) is 6.42 Å². The number of hydrogen-bond acceptors (Lipinski definition) is 3. The van der Waals surface area contributed by atoms with E-state index in [2.05, 4.69) is 26.5 Å². The van der Waals surface area contributed by atoms with Crippen LogP contribution in [-0.2, 0) is 0 Å². The first-order valence-corrected chi connectivity index (χ1v) is 6.05. The van der Waals surface area contributed by atoms with Crippen LogP contribution in [0, 0.1) is 0 Å². The van der Waals surface area contributed by atoms with Gasteiger partial charge in [0.25, 0.3) is 0 Å². The number of ether oxygens (including phenoxy) is 1. The van der Waals surface area contributed by atoms with Crippen molar-refractivity contribution >= 4 is 18.4 Å². The van der Waals surface area contributed by atoms with Gasteiger partial charge < -0.3 is 4.74 Å². The molecule has 0 saturated heterocycles. The maximum Gasteiger partial charge on any atom is 0.167 e. The molecule has 16 heavy (non-hydrogen) atoms. The Kier molecular flexibility index (Phi) is 4.87. The van der Waals surface area contributed by atoms with Gasteiger partial charge in [-0.05, 0) is 29.4 Å². The summed E-state index contributed by atoms with van der Waals surface area (Å²) in [5, 5.41) is 0. The third-order valence-corrected chi connectivity index (χ3v) is 2.76. The summed E-state index contributed by atoms with van der Waals surface area (Å²) in [5.41, 5.74) is 1.83. The lowest BCUT2D eigenvalue weighted by Crippen LogP contribution is -2.04. The van der Waals surface area contributed by atoms with Crippen LogP contribution >= 0.6 is 12.6 Å². The SMILES string of the molecule is COc1cc(C(C)C)ccc1C(=O)CCS. The number of rotatable bonds is 5. The third kappa shape index (κ3) is 3.01. The van der Waals surface area contributed by atoms with E-state index >= 15 is 0 Å². The van der Waals surface area contributed by atoms with Gasteiger partial charge in [0.15, 0.2) is 5.78 Å². The van der Waals surface area contributed by atoms with E-state index in [4.69, 9.17) is 4.74 Å². The fourth-order valence-corrected chi connectivity index (χ4v) is 1.74. The Morgan fingerprint density at radius 2 is 2.12 bits per heavy atom. The second kappa shape index (κ2) is 5.94. The van der Waals surface area contributed by atoms with Crippen LogP contribution in [0.3, 0.4) is 0 Å². The Balaban J connectivity index is 3.06. The maximum absolute atomic E-state index is 11.8. The molecule has 1 aromatic rings. The molecule has 0 amide bonds. The van der Waals surface area contributed by atoms with Crippen molar-refractivity contribution in [2.75, 3.05) is 12.9 Å². The zero-order valence-corrected chi connectivity index (χ0v) is 10.9. The Morgan fingerprint density at radius 1 is 1.44 bits per heavy atom. The third-order valence-electron chi connectivity index (χ3n) is 2.53. The summed E-state index contributed by atoms with van der Waals surface area (Å²) in [4.78, 5) is 11.8. The van der Waals surface area contributed by atoms with Gasteiger partial charge in [-0.3, -0.25) is 4.79 Å². The smallest absolute Gasteiger partial charge is 0.167 e. The largest absolute Gasteiger partial charge is 0.496 e. The molecule has 1 aromatic carbocycles. The van der Waals surface area contributed by atoms with Crippen molar-refractivity contribution in [3.05, 3.63) is 29.3 Å². The van der Waals surface area contributed by atoms with Crippen molar-refractivity contribution in [1.29, 1.82) is 0 Å². The molecule has 88 valence electrons. The lowest BCUT2D eigenvalue weighted by atomic mass is 9.99. The number of carbonyl (C=O) groups is 1. The van der Waals surface area contributed by atoms with E-state index in [1.54, 1.807) is 7.11 Å². The fraction of sp³-hybridized carbons (Fsp3) is 0.462. The number of carbonyl (C=O) groups excluding carboxylic acids is 1. The minimum absolute atomic E-state index is 0.0853. The van der Waals surface area contributed by atoms with E-state index in [0.29, 0.717) is 29.4 Å². The van der Waals surface area contributed by atoms with Crippen molar-refractivity contribution in [3.63, 3.8) is 0 Å². The van der Waals surface area contributed by atoms with Crippen LogP contribution in [0.15, 0.2) is 18.2 Å². The Hall–Kier alpha value is -0.960. The lowest BCUT2D eigenvalue weighted by Gasteiger charge is -2.11. The summed E-state index contributed by atoms with van der Waals surface area (Å²) in [6.45, 7) is 4.23. The van der Waals surface area contributed by atoms with Gasteiger partial charge in [0.05, 0.1) is 12.7 Å². The molecule has 0 aromatic heterocycles. The van der Waals surface area contributed by atoms with Gasteiger partial charge in [-0.1, -0.05) is 19.9 Å². The highest BCUT2D eigenvalue weighted by molar-refractivity contribution is 7.80. The number of ketones is 1. The molecule has 0 aliphatic rings. The minimum atomic E-state index is 0.0853. The van der Waals surface area contributed by atoms with Gasteiger partial charge >= 0.3 is 0 Å². The van der Waals surface area contributed by atoms with Crippen molar-refractivity contribution in [3.8, 4) is 5.75 Å². The molecule has 0 aliphatic heterocycles. The van der Waals surface area contributed by atoms with Crippen molar-refractivity contribution in [2.45, 2.75) is 26.2 Å². The maximum atomic E-state index is 11.8. The fourth-order valence-electron chi connectivity index (χ4n) is 1.53. The Morgan fingerprint density at radius 3 is 2.62 bits per heavy atom. The normalized spacial score (nSPS) is 10.6. The van der Waals surface area contributed by atoms with Gasteiger partial charge in [-0.15, -0.1) is 0 Å². The van der Waals surface area contributed by atoms with Crippen LogP contribution < -0.4 is 4.74 Å². The monoisotopic (exact) mass is 238 g/mol. The zero-order chi connectivity index (χ0) is 12.1. The molecule has 1 rings (SSSR count). The standard InChI is InChI=1S/C13H18O2S/c1-9(2)10-4-5-11(12(14)6-7-16)13(8-10)15-3/h4-5,8-9,16H,6-7H2,1-3H3. The summed E-state index contributed by atoms with van der Waals surface area (Å²) < 4.78 is 5.26. The quantitative estimate of drug-likeness (QED) is 0.629. The molecular weight excluding hydrogens is 220 g/mol. The molecule has 0 bridgehead atoms. The van der Waals surface area contributed by atoms with E-state index in [1.807, 2.05) is 18.2 Å². The van der Waals surface area contributed by atoms with E-state index in [9.17, 15) is 4.79 Å². The molecule has 2 nitrogen and oxygen atoms in total. The number of Topliss-reactive ketones (excluding diaryl/α,β-unsaturated/α-hetero) is 1. The Bertz CT molecular complexity index is 372. The average Bonchev–Trinajstić information content (AvgIpc) is 2.28. The van der Waals surface area contributed by atoms with Gasteiger partial charge in [-0.25, -0.2) is 0 Å². The molecule has 0 fully saturated rings. The highest BCUT2D eigenvalue weighted by Gasteiger charge is 2.12. The number of methoxy groups -OCH3 is 1. The van der Waals surface area contributed by atoms with Crippen molar-refractivity contribution in [2.24, 2.45) is 0 Å². The number of thiol groups is 1. The van der Waals surface area contributed by atoms with E-state index in [1.165, 1.54) is 5.56 Å². The Labute approximate surface area is 102 Å². The van der Waals surface area contributed by atoms with Crippen LogP contribution in [0.5, 0.6) is 5.75 Å². The lowest BCUT2D eigenvalue weighted by molar-refractivity contribution is 0.0986. The average molecular weight is 238 g/mol. The first-order valence-electron chi connectivity index (χ1n) is 5.42. The van der Waals surface area contributed by atoms with Gasteiger partial charge in [-0.2, -0.15) is 12.6 Å². The summed E-state index contributed by atoms with van der Waals surface area (Å²) in [6, 6.07) is 5.77. The molecule has 0 atom stereocenters. The van der Waals surface area contributed by atoms with Crippen LogP contribution in [0.2, 0.25) is 0 Å². The van der Waals surface area contributed by atoms with E-state index < -0.39 is 0 Å². The van der Waals surface area contributed by atoms with Gasteiger partial charge in [0.2, 0.25) is 0 Å². The first kappa shape index (κ1) is 13.1. The molecule has 0 heterocycles. The predicted octanol–water partition coefficient (Wildman–Crippen LogP) is 3.32. The molecule has 0 unspecified atom stereocenters. The van der Waals surface area contributed by atoms with Gasteiger partial charge in [0.1, 0.15) is 5.75 Å². The summed E-state index contributed by atoms with van der Waals surface area (Å²) >= 11 is 4.07. The van der Waals surface area contributed by atoms with Crippen LogP contribution in [0.1, 0.15) is 42.1 Å².